The Morgan fingerprint density at radius 1 is 1.31 bits per heavy atom. The zero-order chi connectivity index (χ0) is 9.94. The number of para-hydroxylation sites is 1. The van der Waals surface area contributed by atoms with E-state index in [1.54, 1.807) is 14.3 Å². The average molecular weight is 170 g/mol. The number of benzene rings is 1. The normalized spacial score (nSPS) is 7.85. The zero-order valence-corrected chi connectivity index (χ0v) is 8.23. The predicted molar refractivity (Wildman–Crippen MR) is 60.9 cm³/mol. The van der Waals surface area contributed by atoms with E-state index in [9.17, 15) is 0 Å². The molecule has 0 fully saturated rings. The third kappa shape index (κ3) is 7.57. The molecule has 1 rings (SSSR count). The molecule has 0 saturated carbocycles. The molecule has 0 atom stereocenters. The molecule has 0 amide bonds. The summed E-state index contributed by atoms with van der Waals surface area (Å²) in [5.74, 6) is 0.910. The minimum atomic E-state index is 0.910. The lowest BCUT2D eigenvalue weighted by atomic mass is 9.44. The first-order valence-corrected chi connectivity index (χ1v) is 4.25. The van der Waals surface area contributed by atoms with Crippen molar-refractivity contribution in [2.45, 2.75) is 13.0 Å². The van der Waals surface area contributed by atoms with Gasteiger partial charge in [-0.15, -0.1) is 6.22 Å². The van der Waals surface area contributed by atoms with Crippen LogP contribution in [0.4, 0.5) is 0 Å². The molecule has 0 unspecified atom stereocenters. The smallest absolute Gasteiger partial charge is 0.118 e. The van der Waals surface area contributed by atoms with Crippen LogP contribution < -0.4 is 4.74 Å². The lowest BCUT2D eigenvalue weighted by Gasteiger charge is -1.93. The molecule has 0 aliphatic rings. The van der Waals surface area contributed by atoms with Crippen molar-refractivity contribution in [2.24, 2.45) is 0 Å². The fourth-order valence-electron chi connectivity index (χ4n) is 0.693. The monoisotopic (exact) mass is 170 g/mol. The van der Waals surface area contributed by atoms with E-state index in [1.165, 1.54) is 0 Å². The Morgan fingerprint density at radius 2 is 1.92 bits per heavy atom. The summed E-state index contributed by atoms with van der Waals surface area (Å²) < 4.78 is 4.91. The second-order valence-corrected chi connectivity index (χ2v) is 2.40. The number of rotatable bonds is 3. The zero-order valence-electron chi connectivity index (χ0n) is 8.23. The van der Waals surface area contributed by atoms with Crippen molar-refractivity contribution in [2.75, 3.05) is 7.11 Å². The summed E-state index contributed by atoms with van der Waals surface area (Å²) in [6, 6.07) is 9.68. The Bertz CT molecular complexity index is 189. The minimum Gasteiger partial charge on any atom is -0.497 e. The standard InChI is InChI=1S/C7H8O.C2H5B3/c1-8-7-5-3-2-4-6-7;1-4-2-5-3/h2-6H,1H3;2H2,1H3. The van der Waals surface area contributed by atoms with Crippen LogP contribution in [0.15, 0.2) is 30.3 Å². The maximum atomic E-state index is 4.98. The van der Waals surface area contributed by atoms with E-state index in [4.69, 9.17) is 12.5 Å². The van der Waals surface area contributed by atoms with Crippen LogP contribution in [0, 0.1) is 0 Å². The molecule has 0 aromatic heterocycles. The van der Waals surface area contributed by atoms with Crippen molar-refractivity contribution in [1.82, 2.24) is 0 Å². The van der Waals surface area contributed by atoms with Crippen LogP contribution in [-0.4, -0.2) is 29.3 Å². The summed E-state index contributed by atoms with van der Waals surface area (Å²) in [7, 11) is 10.3. The van der Waals surface area contributed by atoms with Crippen molar-refractivity contribution in [1.29, 1.82) is 0 Å². The fraction of sp³-hybridized carbons (Fsp3) is 0.333. The van der Waals surface area contributed by atoms with Crippen molar-refractivity contribution in [3.8, 4) is 5.75 Å². The molecule has 0 aliphatic heterocycles. The molecule has 1 aromatic carbocycles. The van der Waals surface area contributed by atoms with Crippen LogP contribution in [-0.2, 0) is 0 Å². The third-order valence-electron chi connectivity index (χ3n) is 1.35. The molecule has 4 heteroatoms. The molecule has 0 saturated heterocycles. The van der Waals surface area contributed by atoms with Gasteiger partial charge in [-0.2, -0.15) is 0 Å². The summed E-state index contributed by atoms with van der Waals surface area (Å²) >= 11 is 0. The van der Waals surface area contributed by atoms with Gasteiger partial charge in [0.1, 0.15) is 5.75 Å². The van der Waals surface area contributed by atoms with Crippen LogP contribution >= 0.6 is 0 Å². The molecule has 1 aromatic rings. The SMILES string of the molecule is COc1ccccc1.[B][B]C[B]C. The Hall–Kier alpha value is -0.785. The van der Waals surface area contributed by atoms with E-state index in [0.29, 0.717) is 0 Å². The lowest BCUT2D eigenvalue weighted by Crippen LogP contribution is -1.90. The number of hydrogen-bond donors (Lipinski definition) is 0. The van der Waals surface area contributed by atoms with E-state index in [2.05, 4.69) is 0 Å². The highest BCUT2D eigenvalue weighted by Gasteiger charge is 1.80. The van der Waals surface area contributed by atoms with E-state index in [-0.39, 0.29) is 0 Å². The van der Waals surface area contributed by atoms with Gasteiger partial charge in [0.2, 0.25) is 0 Å². The molecule has 0 aliphatic carbocycles. The molecule has 0 spiro atoms. The van der Waals surface area contributed by atoms with Crippen molar-refractivity contribution < 1.29 is 4.74 Å². The van der Waals surface area contributed by atoms with E-state index >= 15 is 0 Å². The molecule has 13 heavy (non-hydrogen) atoms. The maximum absolute atomic E-state index is 4.98. The summed E-state index contributed by atoms with van der Waals surface area (Å²) in [5.41, 5.74) is 0. The van der Waals surface area contributed by atoms with Crippen LogP contribution in [0.3, 0.4) is 0 Å². The molecule has 1 nitrogen and oxygen atoms in total. The Labute approximate surface area is 83.8 Å². The van der Waals surface area contributed by atoms with Gasteiger partial charge in [-0.1, -0.05) is 25.0 Å². The van der Waals surface area contributed by atoms with E-state index < -0.39 is 0 Å². The van der Waals surface area contributed by atoms with E-state index in [0.717, 1.165) is 12.0 Å². The van der Waals surface area contributed by atoms with Gasteiger partial charge in [0.15, 0.2) is 0 Å². The summed E-state index contributed by atoms with van der Waals surface area (Å²) in [6.07, 6.45) is 0.917. The molecule has 4 radical (unpaired) electrons. The first-order chi connectivity index (χ1) is 6.35. The lowest BCUT2D eigenvalue weighted by molar-refractivity contribution is 0.415. The quantitative estimate of drug-likeness (QED) is 0.625. The van der Waals surface area contributed by atoms with Gasteiger partial charge in [-0.25, -0.2) is 0 Å². The number of ether oxygens (including phenoxy) is 1. The largest absolute Gasteiger partial charge is 0.497 e. The molecule has 0 heterocycles. The first-order valence-electron chi connectivity index (χ1n) is 4.25. The van der Waals surface area contributed by atoms with Gasteiger partial charge in [0.05, 0.1) is 14.4 Å². The second kappa shape index (κ2) is 9.30. The molecule has 0 N–H and O–H groups in total. The van der Waals surface area contributed by atoms with Gasteiger partial charge in [0.25, 0.3) is 0 Å². The first kappa shape index (κ1) is 12.2. The summed E-state index contributed by atoms with van der Waals surface area (Å²) in [5, 5.41) is 0. The van der Waals surface area contributed by atoms with Gasteiger partial charge in [0, 0.05) is 14.9 Å². The summed E-state index contributed by atoms with van der Waals surface area (Å²) in [6.45, 7) is 1.98. The summed E-state index contributed by atoms with van der Waals surface area (Å²) in [4.78, 5) is 0. The van der Waals surface area contributed by atoms with Gasteiger partial charge in [-0.05, 0) is 12.1 Å². The Morgan fingerprint density at radius 3 is 2.15 bits per heavy atom. The molecular formula is C9H13B3O. The Balaban J connectivity index is 0.000000252. The van der Waals surface area contributed by atoms with Crippen LogP contribution in [0.2, 0.25) is 13.0 Å². The highest BCUT2D eigenvalue weighted by Crippen LogP contribution is 2.05. The molecule has 0 bridgehead atoms. The second-order valence-electron chi connectivity index (χ2n) is 2.40. The van der Waals surface area contributed by atoms with Crippen molar-refractivity contribution >= 4 is 22.2 Å². The topological polar surface area (TPSA) is 9.23 Å². The third-order valence-corrected chi connectivity index (χ3v) is 1.35. The highest BCUT2D eigenvalue weighted by molar-refractivity contribution is 6.93. The van der Waals surface area contributed by atoms with E-state index in [1.807, 2.05) is 44.4 Å². The van der Waals surface area contributed by atoms with Crippen LogP contribution in [0.25, 0.3) is 0 Å². The predicted octanol–water partition coefficient (Wildman–Crippen LogP) is 1.60. The minimum absolute atomic E-state index is 0.910. The number of methoxy groups -OCH3 is 1. The fourth-order valence-corrected chi connectivity index (χ4v) is 0.693. The van der Waals surface area contributed by atoms with Crippen molar-refractivity contribution in [3.05, 3.63) is 30.3 Å². The molecular weight excluding hydrogens is 157 g/mol. The number of hydrogen-bond acceptors (Lipinski definition) is 1. The van der Waals surface area contributed by atoms with Gasteiger partial charge < -0.3 is 4.74 Å². The van der Waals surface area contributed by atoms with Gasteiger partial charge in [-0.3, -0.25) is 0 Å². The maximum Gasteiger partial charge on any atom is 0.118 e. The average Bonchev–Trinajstić information content (AvgIpc) is 2.21. The van der Waals surface area contributed by atoms with Crippen molar-refractivity contribution in [3.63, 3.8) is 0 Å². The Kier molecular flexibility index (Phi) is 8.74. The van der Waals surface area contributed by atoms with Gasteiger partial charge >= 0.3 is 0 Å². The van der Waals surface area contributed by atoms with Crippen LogP contribution in [0.5, 0.6) is 5.75 Å². The highest BCUT2D eigenvalue weighted by atomic mass is 16.5. The molecule has 64 valence electrons. The van der Waals surface area contributed by atoms with Crippen LogP contribution in [0.1, 0.15) is 0 Å².